The smallest absolute Gasteiger partial charge is 0.292 e. The van der Waals surface area contributed by atoms with Crippen LogP contribution in [0.15, 0.2) is 18.2 Å². The average molecular weight is 272 g/mol. The van der Waals surface area contributed by atoms with Gasteiger partial charge in [-0.2, -0.15) is 0 Å². The van der Waals surface area contributed by atoms with Gasteiger partial charge in [0.2, 0.25) is 0 Å². The van der Waals surface area contributed by atoms with E-state index in [2.05, 4.69) is 24.1 Å². The zero-order valence-electron chi connectivity index (χ0n) is 10.6. The number of likely N-dealkylation sites (N-methyl/N-ethyl adjacent to an activating group) is 1. The van der Waals surface area contributed by atoms with Crippen LogP contribution in [0.25, 0.3) is 0 Å². The van der Waals surface area contributed by atoms with Gasteiger partial charge in [-0.15, -0.1) is 0 Å². The lowest BCUT2D eigenvalue weighted by molar-refractivity contribution is -0.384. The maximum absolute atomic E-state index is 10.9. The minimum absolute atomic E-state index is 0.0546. The van der Waals surface area contributed by atoms with E-state index in [1.54, 1.807) is 6.07 Å². The molecular formula is C12H18ClN3O2. The molecule has 6 heteroatoms. The molecule has 0 radical (unpaired) electrons. The van der Waals surface area contributed by atoms with Crippen LogP contribution in [-0.4, -0.2) is 36.0 Å². The van der Waals surface area contributed by atoms with Gasteiger partial charge >= 0.3 is 0 Å². The highest BCUT2D eigenvalue weighted by Gasteiger charge is 2.13. The summed E-state index contributed by atoms with van der Waals surface area (Å²) in [4.78, 5) is 12.7. The van der Waals surface area contributed by atoms with E-state index in [9.17, 15) is 10.1 Å². The molecule has 100 valence electrons. The third-order valence-electron chi connectivity index (χ3n) is 2.79. The van der Waals surface area contributed by atoms with Crippen LogP contribution >= 0.6 is 11.6 Å². The van der Waals surface area contributed by atoms with Gasteiger partial charge in [0.25, 0.3) is 5.69 Å². The van der Waals surface area contributed by atoms with E-state index in [4.69, 9.17) is 11.6 Å². The fourth-order valence-corrected chi connectivity index (χ4v) is 1.87. The van der Waals surface area contributed by atoms with E-state index in [-0.39, 0.29) is 5.69 Å². The number of hydrogen-bond donors (Lipinski definition) is 1. The monoisotopic (exact) mass is 271 g/mol. The lowest BCUT2D eigenvalue weighted by Gasteiger charge is -2.18. The van der Waals surface area contributed by atoms with Gasteiger partial charge in [-0.1, -0.05) is 25.4 Å². The maximum Gasteiger partial charge on any atom is 0.292 e. The Morgan fingerprint density at radius 2 is 2.06 bits per heavy atom. The molecule has 0 aliphatic heterocycles. The number of halogens is 1. The molecule has 0 fully saturated rings. The third-order valence-corrected chi connectivity index (χ3v) is 3.03. The molecule has 1 rings (SSSR count). The summed E-state index contributed by atoms with van der Waals surface area (Å²) in [7, 11) is 0. The Morgan fingerprint density at radius 1 is 1.39 bits per heavy atom. The molecule has 0 spiro atoms. The highest BCUT2D eigenvalue weighted by Crippen LogP contribution is 2.27. The predicted molar refractivity (Wildman–Crippen MR) is 74.4 cm³/mol. The Labute approximate surface area is 112 Å². The Bertz CT molecular complexity index is 408. The van der Waals surface area contributed by atoms with E-state index in [1.165, 1.54) is 12.1 Å². The zero-order valence-corrected chi connectivity index (χ0v) is 11.4. The van der Waals surface area contributed by atoms with Crippen LogP contribution in [0.2, 0.25) is 5.02 Å². The normalized spacial score (nSPS) is 10.7. The van der Waals surface area contributed by atoms with Crippen LogP contribution in [0.3, 0.4) is 0 Å². The van der Waals surface area contributed by atoms with Crippen molar-refractivity contribution in [2.24, 2.45) is 0 Å². The van der Waals surface area contributed by atoms with Crippen molar-refractivity contribution in [3.05, 3.63) is 33.3 Å². The Balaban J connectivity index is 2.66. The summed E-state index contributed by atoms with van der Waals surface area (Å²) in [6.07, 6.45) is 0. The van der Waals surface area contributed by atoms with Crippen molar-refractivity contribution in [1.82, 2.24) is 4.90 Å². The van der Waals surface area contributed by atoms with Gasteiger partial charge in [-0.3, -0.25) is 10.1 Å². The number of anilines is 1. The molecule has 0 saturated heterocycles. The van der Waals surface area contributed by atoms with Gasteiger partial charge in [0.1, 0.15) is 5.69 Å². The SMILES string of the molecule is CCN(CC)CCNc1cc(Cl)ccc1[N+](=O)[O-]. The molecule has 0 atom stereocenters. The Morgan fingerprint density at radius 3 is 2.61 bits per heavy atom. The second kappa shape index (κ2) is 7.18. The summed E-state index contributed by atoms with van der Waals surface area (Å²) < 4.78 is 0. The summed E-state index contributed by atoms with van der Waals surface area (Å²) >= 11 is 5.84. The number of nitrogens with one attached hydrogen (secondary N) is 1. The number of hydrogen-bond acceptors (Lipinski definition) is 4. The summed E-state index contributed by atoms with van der Waals surface area (Å²) in [5, 5.41) is 14.4. The standard InChI is InChI=1S/C12H18ClN3O2/c1-3-15(4-2)8-7-14-11-9-10(13)5-6-12(11)16(17)18/h5-6,9,14H,3-4,7-8H2,1-2H3. The van der Waals surface area contributed by atoms with Crippen molar-refractivity contribution < 1.29 is 4.92 Å². The van der Waals surface area contributed by atoms with Crippen molar-refractivity contribution in [3.63, 3.8) is 0 Å². The van der Waals surface area contributed by atoms with Crippen molar-refractivity contribution in [2.45, 2.75) is 13.8 Å². The largest absolute Gasteiger partial charge is 0.378 e. The molecule has 0 saturated carbocycles. The summed E-state index contributed by atoms with van der Waals surface area (Å²) in [5.74, 6) is 0. The molecule has 0 amide bonds. The summed E-state index contributed by atoms with van der Waals surface area (Å²) in [6, 6.07) is 4.53. The predicted octanol–water partition coefficient (Wildman–Crippen LogP) is 3.00. The van der Waals surface area contributed by atoms with E-state index < -0.39 is 4.92 Å². The molecule has 0 aromatic heterocycles. The number of nitro benzene ring substituents is 1. The van der Waals surface area contributed by atoms with Crippen molar-refractivity contribution in [2.75, 3.05) is 31.5 Å². The minimum atomic E-state index is -0.407. The van der Waals surface area contributed by atoms with Crippen LogP contribution < -0.4 is 5.32 Å². The van der Waals surface area contributed by atoms with Crippen LogP contribution in [0, 0.1) is 10.1 Å². The van der Waals surface area contributed by atoms with Crippen LogP contribution in [0.4, 0.5) is 11.4 Å². The Hall–Kier alpha value is -1.33. The van der Waals surface area contributed by atoms with Gasteiger partial charge in [0.15, 0.2) is 0 Å². The number of nitro groups is 1. The second-order valence-electron chi connectivity index (χ2n) is 3.87. The topological polar surface area (TPSA) is 58.4 Å². The maximum atomic E-state index is 10.9. The number of benzene rings is 1. The van der Waals surface area contributed by atoms with Crippen molar-refractivity contribution in [3.8, 4) is 0 Å². The second-order valence-corrected chi connectivity index (χ2v) is 4.31. The average Bonchev–Trinajstić information content (AvgIpc) is 2.34. The quantitative estimate of drug-likeness (QED) is 0.612. The summed E-state index contributed by atoms with van der Waals surface area (Å²) in [5.41, 5.74) is 0.526. The first-order valence-corrected chi connectivity index (χ1v) is 6.36. The van der Waals surface area contributed by atoms with Crippen LogP contribution in [-0.2, 0) is 0 Å². The zero-order chi connectivity index (χ0) is 13.5. The highest BCUT2D eigenvalue weighted by molar-refractivity contribution is 6.31. The van der Waals surface area contributed by atoms with E-state index >= 15 is 0 Å². The molecule has 1 aromatic rings. The minimum Gasteiger partial charge on any atom is -0.378 e. The molecule has 1 N–H and O–H groups in total. The first kappa shape index (κ1) is 14.7. The molecule has 18 heavy (non-hydrogen) atoms. The van der Waals surface area contributed by atoms with E-state index in [1.807, 2.05) is 0 Å². The number of rotatable bonds is 7. The van der Waals surface area contributed by atoms with Crippen LogP contribution in [0.1, 0.15) is 13.8 Å². The lowest BCUT2D eigenvalue weighted by atomic mass is 10.2. The fraction of sp³-hybridized carbons (Fsp3) is 0.500. The molecule has 0 bridgehead atoms. The van der Waals surface area contributed by atoms with Gasteiger partial charge in [0.05, 0.1) is 4.92 Å². The van der Waals surface area contributed by atoms with Crippen molar-refractivity contribution >= 4 is 23.0 Å². The van der Waals surface area contributed by atoms with Gasteiger partial charge in [-0.25, -0.2) is 0 Å². The van der Waals surface area contributed by atoms with Gasteiger partial charge < -0.3 is 10.2 Å². The molecule has 0 aliphatic carbocycles. The lowest BCUT2D eigenvalue weighted by Crippen LogP contribution is -2.28. The van der Waals surface area contributed by atoms with Crippen LogP contribution in [0.5, 0.6) is 0 Å². The molecule has 0 aliphatic rings. The van der Waals surface area contributed by atoms with E-state index in [0.29, 0.717) is 17.3 Å². The first-order valence-electron chi connectivity index (χ1n) is 5.98. The van der Waals surface area contributed by atoms with Gasteiger partial charge in [-0.05, 0) is 25.2 Å². The molecule has 1 aromatic carbocycles. The molecule has 5 nitrogen and oxygen atoms in total. The third kappa shape index (κ3) is 4.16. The number of nitrogens with zero attached hydrogens (tertiary/aromatic N) is 2. The summed E-state index contributed by atoms with van der Waals surface area (Å²) in [6.45, 7) is 7.61. The fourth-order valence-electron chi connectivity index (χ4n) is 1.70. The first-order chi connectivity index (χ1) is 8.58. The van der Waals surface area contributed by atoms with E-state index in [0.717, 1.165) is 19.6 Å². The van der Waals surface area contributed by atoms with Crippen molar-refractivity contribution in [1.29, 1.82) is 0 Å². The Kier molecular flexibility index (Phi) is 5.88. The molecule has 0 heterocycles. The highest BCUT2D eigenvalue weighted by atomic mass is 35.5. The molecular weight excluding hydrogens is 254 g/mol. The van der Waals surface area contributed by atoms with Gasteiger partial charge in [0, 0.05) is 24.2 Å². The molecule has 0 unspecified atom stereocenters.